The normalized spacial score (nSPS) is 14.0. The molecule has 3 amide bonds. The molecule has 0 bridgehead atoms. The topological polar surface area (TPSA) is 61.9 Å². The molecule has 0 unspecified atom stereocenters. The van der Waals surface area contributed by atoms with Crippen LogP contribution in [0.2, 0.25) is 0 Å². The number of benzene rings is 2. The Morgan fingerprint density at radius 3 is 2.37 bits per heavy atom. The fourth-order valence-corrected chi connectivity index (χ4v) is 2.84. The number of nitrogens with one attached hydrogen (secondary N) is 1. The predicted molar refractivity (Wildman–Crippen MR) is 98.7 cm³/mol. The molecule has 27 heavy (non-hydrogen) atoms. The van der Waals surface area contributed by atoms with Crippen LogP contribution in [0.25, 0.3) is 0 Å². The van der Waals surface area contributed by atoms with Gasteiger partial charge in [0.25, 0.3) is 5.91 Å². The fraction of sp³-hybridized carbons (Fsp3) is 0.300. The molecule has 0 aliphatic carbocycles. The number of amides is 3. The summed E-state index contributed by atoms with van der Waals surface area (Å²) in [5.41, 5.74) is 1.04. The molecule has 142 valence electrons. The van der Waals surface area contributed by atoms with Crippen molar-refractivity contribution in [2.75, 3.05) is 32.8 Å². The van der Waals surface area contributed by atoms with Crippen molar-refractivity contribution >= 4 is 11.9 Å². The summed E-state index contributed by atoms with van der Waals surface area (Å²) in [4.78, 5) is 27.8. The number of urea groups is 1. The molecular weight excluding hydrogens is 349 g/mol. The maximum Gasteiger partial charge on any atom is 0.317 e. The molecule has 0 radical (unpaired) electrons. The Balaban J connectivity index is 1.40. The molecular formula is C20H22FN3O3. The Hall–Kier alpha value is -3.09. The van der Waals surface area contributed by atoms with E-state index in [0.29, 0.717) is 38.5 Å². The highest BCUT2D eigenvalue weighted by atomic mass is 19.1. The van der Waals surface area contributed by atoms with Gasteiger partial charge in [0, 0.05) is 38.8 Å². The second-order valence-electron chi connectivity index (χ2n) is 6.26. The summed E-state index contributed by atoms with van der Waals surface area (Å²) < 4.78 is 18.5. The van der Waals surface area contributed by atoms with Gasteiger partial charge in [-0.2, -0.15) is 0 Å². The van der Waals surface area contributed by atoms with E-state index in [1.54, 1.807) is 15.9 Å². The first-order valence-electron chi connectivity index (χ1n) is 8.84. The summed E-state index contributed by atoms with van der Waals surface area (Å²) >= 11 is 0. The van der Waals surface area contributed by atoms with Crippen LogP contribution in [-0.2, 0) is 11.3 Å². The van der Waals surface area contributed by atoms with E-state index in [2.05, 4.69) is 5.32 Å². The highest BCUT2D eigenvalue weighted by molar-refractivity contribution is 5.79. The van der Waals surface area contributed by atoms with E-state index in [9.17, 15) is 14.0 Å². The van der Waals surface area contributed by atoms with Crippen molar-refractivity contribution in [3.8, 4) is 5.75 Å². The molecule has 1 heterocycles. The van der Waals surface area contributed by atoms with Crippen LogP contribution < -0.4 is 10.1 Å². The zero-order valence-corrected chi connectivity index (χ0v) is 14.9. The maximum absolute atomic E-state index is 13.1. The number of carbonyl (C=O) groups is 2. The Morgan fingerprint density at radius 2 is 1.67 bits per heavy atom. The van der Waals surface area contributed by atoms with Gasteiger partial charge in [-0.25, -0.2) is 9.18 Å². The number of hydrogen-bond acceptors (Lipinski definition) is 3. The van der Waals surface area contributed by atoms with E-state index < -0.39 is 5.82 Å². The van der Waals surface area contributed by atoms with Crippen molar-refractivity contribution in [3.05, 3.63) is 66.0 Å². The van der Waals surface area contributed by atoms with Crippen molar-refractivity contribution in [3.63, 3.8) is 0 Å². The van der Waals surface area contributed by atoms with Crippen molar-refractivity contribution in [1.29, 1.82) is 0 Å². The summed E-state index contributed by atoms with van der Waals surface area (Å²) in [6.07, 6.45) is 0. The van der Waals surface area contributed by atoms with Gasteiger partial charge in [-0.15, -0.1) is 0 Å². The number of hydrogen-bond donors (Lipinski definition) is 1. The van der Waals surface area contributed by atoms with Gasteiger partial charge in [0.15, 0.2) is 6.61 Å². The third-order valence-electron chi connectivity index (χ3n) is 4.36. The molecule has 1 aliphatic rings. The Kier molecular flexibility index (Phi) is 6.25. The summed E-state index contributed by atoms with van der Waals surface area (Å²) in [6, 6.07) is 15.2. The number of rotatable bonds is 5. The van der Waals surface area contributed by atoms with Crippen molar-refractivity contribution < 1.29 is 18.7 Å². The van der Waals surface area contributed by atoms with Gasteiger partial charge in [-0.1, -0.05) is 36.4 Å². The van der Waals surface area contributed by atoms with Gasteiger partial charge in [0.1, 0.15) is 11.6 Å². The minimum absolute atomic E-state index is 0.137. The number of ether oxygens (including phenoxy) is 1. The lowest BCUT2D eigenvalue weighted by atomic mass is 10.2. The third-order valence-corrected chi connectivity index (χ3v) is 4.36. The van der Waals surface area contributed by atoms with E-state index in [-0.39, 0.29) is 18.5 Å². The van der Waals surface area contributed by atoms with Gasteiger partial charge >= 0.3 is 6.03 Å². The molecule has 0 atom stereocenters. The third kappa shape index (κ3) is 5.44. The van der Waals surface area contributed by atoms with Gasteiger partial charge in [-0.05, 0) is 17.7 Å². The first kappa shape index (κ1) is 18.7. The minimum Gasteiger partial charge on any atom is -0.484 e. The molecule has 0 aromatic heterocycles. The van der Waals surface area contributed by atoms with Crippen molar-refractivity contribution in [1.82, 2.24) is 15.1 Å². The van der Waals surface area contributed by atoms with Crippen LogP contribution in [0.3, 0.4) is 0 Å². The van der Waals surface area contributed by atoms with E-state index in [4.69, 9.17) is 4.74 Å². The molecule has 1 fully saturated rings. The molecule has 1 N–H and O–H groups in total. The summed E-state index contributed by atoms with van der Waals surface area (Å²) in [5, 5.41) is 2.89. The van der Waals surface area contributed by atoms with E-state index in [1.165, 1.54) is 18.2 Å². The largest absolute Gasteiger partial charge is 0.484 e. The van der Waals surface area contributed by atoms with E-state index >= 15 is 0 Å². The summed E-state index contributed by atoms with van der Waals surface area (Å²) in [6.45, 7) is 2.15. The lowest BCUT2D eigenvalue weighted by Gasteiger charge is -2.34. The van der Waals surface area contributed by atoms with Crippen LogP contribution >= 0.6 is 0 Å². The van der Waals surface area contributed by atoms with Crippen LogP contribution in [-0.4, -0.2) is 54.5 Å². The first-order chi connectivity index (χ1) is 13.1. The summed E-state index contributed by atoms with van der Waals surface area (Å²) in [7, 11) is 0. The number of carbonyl (C=O) groups excluding carboxylic acids is 2. The number of piperazine rings is 1. The smallest absolute Gasteiger partial charge is 0.317 e. The molecule has 2 aromatic rings. The standard InChI is InChI=1S/C20H22FN3O3/c21-17-7-4-8-18(13-17)27-15-19(25)23-9-11-24(12-10-23)20(26)22-14-16-5-2-1-3-6-16/h1-8,13H,9-12,14-15H2,(H,22,26). The van der Waals surface area contributed by atoms with Crippen LogP contribution in [0.15, 0.2) is 54.6 Å². The van der Waals surface area contributed by atoms with Crippen LogP contribution in [0, 0.1) is 5.82 Å². The van der Waals surface area contributed by atoms with Crippen LogP contribution in [0.4, 0.5) is 9.18 Å². The second-order valence-corrected chi connectivity index (χ2v) is 6.26. The molecule has 7 heteroatoms. The molecule has 2 aromatic carbocycles. The van der Waals surface area contributed by atoms with Crippen molar-refractivity contribution in [2.24, 2.45) is 0 Å². The lowest BCUT2D eigenvalue weighted by Crippen LogP contribution is -2.53. The van der Waals surface area contributed by atoms with Crippen molar-refractivity contribution in [2.45, 2.75) is 6.54 Å². The van der Waals surface area contributed by atoms with E-state index in [1.807, 2.05) is 30.3 Å². The monoisotopic (exact) mass is 371 g/mol. The second kappa shape index (κ2) is 9.02. The van der Waals surface area contributed by atoms with Gasteiger partial charge in [0.05, 0.1) is 0 Å². The van der Waals surface area contributed by atoms with Gasteiger partial charge in [0.2, 0.25) is 0 Å². The lowest BCUT2D eigenvalue weighted by molar-refractivity contribution is -0.134. The van der Waals surface area contributed by atoms with Crippen LogP contribution in [0.5, 0.6) is 5.75 Å². The molecule has 0 saturated carbocycles. The molecule has 0 spiro atoms. The summed E-state index contributed by atoms with van der Waals surface area (Å²) in [5.74, 6) is -0.263. The SMILES string of the molecule is O=C(COc1cccc(F)c1)N1CCN(C(=O)NCc2ccccc2)CC1. The highest BCUT2D eigenvalue weighted by Gasteiger charge is 2.24. The minimum atomic E-state index is -0.407. The Morgan fingerprint density at radius 1 is 0.963 bits per heavy atom. The van der Waals surface area contributed by atoms with E-state index in [0.717, 1.165) is 5.56 Å². The predicted octanol–water partition coefficient (Wildman–Crippen LogP) is 2.26. The molecule has 3 rings (SSSR count). The zero-order valence-electron chi connectivity index (χ0n) is 14.9. The molecule has 6 nitrogen and oxygen atoms in total. The molecule has 1 aliphatic heterocycles. The average molecular weight is 371 g/mol. The van der Waals surface area contributed by atoms with Gasteiger partial charge in [-0.3, -0.25) is 4.79 Å². The maximum atomic E-state index is 13.1. The average Bonchev–Trinajstić information content (AvgIpc) is 2.71. The Labute approximate surface area is 157 Å². The Bertz CT molecular complexity index is 777. The fourth-order valence-electron chi connectivity index (χ4n) is 2.84. The highest BCUT2D eigenvalue weighted by Crippen LogP contribution is 2.12. The molecule has 1 saturated heterocycles. The number of halogens is 1. The van der Waals surface area contributed by atoms with Crippen LogP contribution in [0.1, 0.15) is 5.56 Å². The number of nitrogens with zero attached hydrogens (tertiary/aromatic N) is 2. The first-order valence-corrected chi connectivity index (χ1v) is 8.84. The van der Waals surface area contributed by atoms with Gasteiger partial charge < -0.3 is 19.9 Å². The zero-order chi connectivity index (χ0) is 19.1. The quantitative estimate of drug-likeness (QED) is 0.877.